The molecule has 0 radical (unpaired) electrons. The molecule has 5 nitrogen and oxygen atoms in total. The molecule has 0 saturated heterocycles. The van der Waals surface area contributed by atoms with Crippen LogP contribution in [0, 0.1) is 5.82 Å². The molecule has 1 amide bonds. The first-order valence-corrected chi connectivity index (χ1v) is 6.93. The topological polar surface area (TPSA) is 82.2 Å². The lowest BCUT2D eigenvalue weighted by atomic mass is 10.1. The van der Waals surface area contributed by atoms with Gasteiger partial charge in [-0.3, -0.25) is 9.59 Å². The van der Waals surface area contributed by atoms with Gasteiger partial charge in [0.2, 0.25) is 0 Å². The average molecular weight is 312 g/mol. The smallest absolute Gasteiger partial charge is 0.265 e. The molecular weight excluding hydrogens is 299 g/mol. The molecule has 0 atom stereocenters. The fraction of sp³-hybridized carbons (Fsp3) is 0.0588. The van der Waals surface area contributed by atoms with Gasteiger partial charge in [0.05, 0.1) is 5.52 Å². The number of aromatic hydroxyl groups is 1. The van der Waals surface area contributed by atoms with Crippen molar-refractivity contribution >= 4 is 16.8 Å². The van der Waals surface area contributed by atoms with Gasteiger partial charge in [0.25, 0.3) is 11.5 Å². The highest BCUT2D eigenvalue weighted by Crippen LogP contribution is 2.24. The number of amides is 1. The molecule has 0 spiro atoms. The van der Waals surface area contributed by atoms with Gasteiger partial charge in [-0.25, -0.2) is 4.39 Å². The van der Waals surface area contributed by atoms with Crippen LogP contribution in [0.1, 0.15) is 15.9 Å². The molecule has 23 heavy (non-hydrogen) atoms. The Morgan fingerprint density at radius 2 is 1.83 bits per heavy atom. The third-order valence-corrected chi connectivity index (χ3v) is 3.52. The number of fused-ring (bicyclic) bond motifs is 1. The number of benzene rings is 2. The van der Waals surface area contributed by atoms with Gasteiger partial charge in [0.15, 0.2) is 0 Å². The second-order valence-electron chi connectivity index (χ2n) is 5.00. The number of H-pyrrole nitrogens is 1. The first-order valence-electron chi connectivity index (χ1n) is 6.93. The van der Waals surface area contributed by atoms with E-state index >= 15 is 0 Å². The van der Waals surface area contributed by atoms with E-state index in [1.807, 2.05) is 0 Å². The number of hydrogen-bond donors (Lipinski definition) is 3. The molecular formula is C17H13FN2O3. The summed E-state index contributed by atoms with van der Waals surface area (Å²) >= 11 is 0. The van der Waals surface area contributed by atoms with Crippen molar-refractivity contribution in [1.29, 1.82) is 0 Å². The molecule has 0 fully saturated rings. The molecule has 1 heterocycles. The van der Waals surface area contributed by atoms with E-state index in [-0.39, 0.29) is 17.7 Å². The van der Waals surface area contributed by atoms with Gasteiger partial charge in [-0.1, -0.05) is 30.3 Å². The summed E-state index contributed by atoms with van der Waals surface area (Å²) in [6.07, 6.45) is 0. The lowest BCUT2D eigenvalue weighted by Gasteiger charge is -2.09. The lowest BCUT2D eigenvalue weighted by molar-refractivity contribution is 0.0946. The van der Waals surface area contributed by atoms with Crippen LogP contribution in [0.5, 0.6) is 5.75 Å². The second kappa shape index (κ2) is 5.92. The Hall–Kier alpha value is -3.15. The first kappa shape index (κ1) is 14.8. The zero-order valence-electron chi connectivity index (χ0n) is 12.0. The van der Waals surface area contributed by atoms with Crippen LogP contribution in [-0.2, 0) is 6.54 Å². The average Bonchev–Trinajstić information content (AvgIpc) is 2.54. The molecule has 116 valence electrons. The second-order valence-corrected chi connectivity index (χ2v) is 5.00. The summed E-state index contributed by atoms with van der Waals surface area (Å²) in [7, 11) is 0. The first-order chi connectivity index (χ1) is 11.1. The van der Waals surface area contributed by atoms with Crippen LogP contribution in [0.25, 0.3) is 10.9 Å². The lowest BCUT2D eigenvalue weighted by Crippen LogP contribution is -2.29. The summed E-state index contributed by atoms with van der Waals surface area (Å²) < 4.78 is 13.5. The van der Waals surface area contributed by atoms with E-state index in [0.29, 0.717) is 10.9 Å². The van der Waals surface area contributed by atoms with E-state index < -0.39 is 23.0 Å². The van der Waals surface area contributed by atoms with Crippen molar-refractivity contribution in [1.82, 2.24) is 10.3 Å². The molecule has 0 aliphatic carbocycles. The van der Waals surface area contributed by atoms with Crippen LogP contribution in [0.4, 0.5) is 4.39 Å². The van der Waals surface area contributed by atoms with Gasteiger partial charge in [-0.2, -0.15) is 0 Å². The Morgan fingerprint density at radius 3 is 2.61 bits per heavy atom. The monoisotopic (exact) mass is 312 g/mol. The fourth-order valence-electron chi connectivity index (χ4n) is 2.34. The third-order valence-electron chi connectivity index (χ3n) is 3.52. The van der Waals surface area contributed by atoms with Gasteiger partial charge in [0, 0.05) is 17.5 Å². The number of carbonyl (C=O) groups excluding carboxylic acids is 1. The molecule has 0 bridgehead atoms. The van der Waals surface area contributed by atoms with Crippen LogP contribution in [0.2, 0.25) is 0 Å². The van der Waals surface area contributed by atoms with E-state index in [2.05, 4.69) is 10.3 Å². The minimum absolute atomic E-state index is 0.0861. The normalized spacial score (nSPS) is 10.7. The quantitative estimate of drug-likeness (QED) is 0.694. The Morgan fingerprint density at radius 1 is 1.13 bits per heavy atom. The van der Waals surface area contributed by atoms with Gasteiger partial charge < -0.3 is 15.4 Å². The number of rotatable bonds is 3. The molecule has 2 aromatic carbocycles. The van der Waals surface area contributed by atoms with Crippen molar-refractivity contribution in [3.05, 3.63) is 75.8 Å². The van der Waals surface area contributed by atoms with Crippen LogP contribution in [-0.4, -0.2) is 16.0 Å². The minimum atomic E-state index is -0.766. The highest BCUT2D eigenvalue weighted by molar-refractivity contribution is 6.01. The van der Waals surface area contributed by atoms with Crippen LogP contribution < -0.4 is 10.9 Å². The number of aromatic nitrogens is 1. The summed E-state index contributed by atoms with van der Waals surface area (Å²) in [6, 6.07) is 12.6. The summed E-state index contributed by atoms with van der Waals surface area (Å²) in [6.45, 7) is -0.0861. The van der Waals surface area contributed by atoms with E-state index in [1.165, 1.54) is 12.1 Å². The molecule has 3 rings (SSSR count). The number of para-hydroxylation sites is 1. The van der Waals surface area contributed by atoms with E-state index in [4.69, 9.17) is 0 Å². The van der Waals surface area contributed by atoms with Gasteiger partial charge in [-0.05, 0) is 18.2 Å². The summed E-state index contributed by atoms with van der Waals surface area (Å²) in [4.78, 5) is 26.8. The maximum Gasteiger partial charge on any atom is 0.265 e. The predicted octanol–water partition coefficient (Wildman–Crippen LogP) is 2.30. The fourth-order valence-corrected chi connectivity index (χ4v) is 2.34. The maximum absolute atomic E-state index is 13.5. The van der Waals surface area contributed by atoms with Crippen LogP contribution >= 0.6 is 0 Å². The van der Waals surface area contributed by atoms with Gasteiger partial charge in [-0.15, -0.1) is 0 Å². The Labute approximate surface area is 130 Å². The predicted molar refractivity (Wildman–Crippen MR) is 83.8 cm³/mol. The van der Waals surface area contributed by atoms with E-state index in [1.54, 1.807) is 36.4 Å². The molecule has 0 saturated carbocycles. The molecule has 3 N–H and O–H groups in total. The highest BCUT2D eigenvalue weighted by atomic mass is 19.1. The standard InChI is InChI=1S/C17H13FN2O3/c18-12-7-3-1-5-10(12)9-19-16(22)14-15(21)11-6-2-4-8-13(11)20-17(14)23/h1-8H,9H2,(H,19,22)(H2,20,21,23). The largest absolute Gasteiger partial charge is 0.506 e. The van der Waals surface area contributed by atoms with Crippen molar-refractivity contribution in [2.24, 2.45) is 0 Å². The SMILES string of the molecule is O=C(NCc1ccccc1F)c1c(O)c2ccccc2[nH]c1=O. The maximum atomic E-state index is 13.5. The highest BCUT2D eigenvalue weighted by Gasteiger charge is 2.19. The van der Waals surface area contributed by atoms with Crippen molar-refractivity contribution < 1.29 is 14.3 Å². The number of hydrogen-bond acceptors (Lipinski definition) is 3. The molecule has 0 unspecified atom stereocenters. The summed E-state index contributed by atoms with van der Waals surface area (Å²) in [5.74, 6) is -1.61. The Bertz CT molecular complexity index is 950. The molecule has 0 aliphatic heterocycles. The number of nitrogens with one attached hydrogen (secondary N) is 2. The van der Waals surface area contributed by atoms with Crippen molar-refractivity contribution in [3.63, 3.8) is 0 Å². The summed E-state index contributed by atoms with van der Waals surface area (Å²) in [5.41, 5.74) is -0.370. The van der Waals surface area contributed by atoms with E-state index in [9.17, 15) is 19.1 Å². The minimum Gasteiger partial charge on any atom is -0.506 e. The van der Waals surface area contributed by atoms with Crippen molar-refractivity contribution in [2.75, 3.05) is 0 Å². The molecule has 3 aromatic rings. The van der Waals surface area contributed by atoms with E-state index in [0.717, 1.165) is 0 Å². The van der Waals surface area contributed by atoms with Gasteiger partial charge in [0.1, 0.15) is 17.1 Å². The van der Waals surface area contributed by atoms with Crippen LogP contribution in [0.15, 0.2) is 53.3 Å². The number of carbonyl (C=O) groups is 1. The molecule has 6 heteroatoms. The van der Waals surface area contributed by atoms with Crippen LogP contribution in [0.3, 0.4) is 0 Å². The molecule has 1 aromatic heterocycles. The zero-order chi connectivity index (χ0) is 16.4. The number of pyridine rings is 1. The Balaban J connectivity index is 1.92. The van der Waals surface area contributed by atoms with Crippen molar-refractivity contribution in [3.8, 4) is 5.75 Å². The summed E-state index contributed by atoms with van der Waals surface area (Å²) in [5, 5.41) is 13.0. The molecule has 0 aliphatic rings. The zero-order valence-corrected chi connectivity index (χ0v) is 12.0. The third kappa shape index (κ3) is 2.78. The number of aromatic amines is 1. The van der Waals surface area contributed by atoms with Gasteiger partial charge >= 0.3 is 0 Å². The van der Waals surface area contributed by atoms with Crippen molar-refractivity contribution in [2.45, 2.75) is 6.54 Å². The number of halogens is 1. The Kier molecular flexibility index (Phi) is 3.80.